The largest absolute Gasteiger partial charge is 0.397 e. The molecule has 2 heterocycles. The zero-order chi connectivity index (χ0) is 9.10. The van der Waals surface area contributed by atoms with Gasteiger partial charge in [-0.15, -0.1) is 0 Å². The average Bonchev–Trinajstić information content (AvgIpc) is 2.20. The number of rotatable bonds is 1. The molecular formula is C10H15N3. The molecule has 0 saturated carbocycles. The monoisotopic (exact) mass is 177 g/mol. The highest BCUT2D eigenvalue weighted by molar-refractivity contribution is 5.43. The summed E-state index contributed by atoms with van der Waals surface area (Å²) in [6, 6.07) is 4.16. The number of piperidine rings is 1. The Morgan fingerprint density at radius 1 is 1.46 bits per heavy atom. The number of nitrogen functional groups attached to an aromatic ring is 1. The number of hydrogen-bond acceptors (Lipinski definition) is 3. The number of pyridine rings is 1. The number of anilines is 1. The third-order valence-electron chi connectivity index (χ3n) is 2.51. The molecular weight excluding hydrogens is 162 g/mol. The first-order valence-corrected chi connectivity index (χ1v) is 4.81. The van der Waals surface area contributed by atoms with Crippen LogP contribution in [0.1, 0.15) is 31.0 Å². The smallest absolute Gasteiger partial charge is 0.0801 e. The lowest BCUT2D eigenvalue weighted by atomic mass is 10.0. The summed E-state index contributed by atoms with van der Waals surface area (Å²) in [4.78, 5) is 4.31. The third-order valence-corrected chi connectivity index (χ3v) is 2.51. The molecule has 1 aliphatic rings. The van der Waals surface area contributed by atoms with E-state index in [2.05, 4.69) is 10.3 Å². The highest BCUT2D eigenvalue weighted by Gasteiger charge is 2.17. The van der Waals surface area contributed by atoms with E-state index in [0.717, 1.165) is 24.3 Å². The van der Waals surface area contributed by atoms with Gasteiger partial charge in [0.05, 0.1) is 17.4 Å². The molecule has 1 aromatic rings. The molecule has 0 aromatic carbocycles. The van der Waals surface area contributed by atoms with Gasteiger partial charge in [0, 0.05) is 6.20 Å². The Kier molecular flexibility index (Phi) is 2.45. The lowest BCUT2D eigenvalue weighted by Gasteiger charge is -2.23. The Morgan fingerprint density at radius 3 is 3.08 bits per heavy atom. The van der Waals surface area contributed by atoms with Crippen LogP contribution >= 0.6 is 0 Å². The van der Waals surface area contributed by atoms with Crippen LogP contribution in [-0.2, 0) is 0 Å². The van der Waals surface area contributed by atoms with Crippen LogP contribution in [0.15, 0.2) is 18.3 Å². The summed E-state index contributed by atoms with van der Waals surface area (Å²) >= 11 is 0. The second-order valence-electron chi connectivity index (χ2n) is 3.48. The van der Waals surface area contributed by atoms with Gasteiger partial charge in [-0.05, 0) is 31.5 Å². The zero-order valence-electron chi connectivity index (χ0n) is 7.66. The molecule has 0 radical (unpaired) electrons. The predicted molar refractivity (Wildman–Crippen MR) is 53.2 cm³/mol. The van der Waals surface area contributed by atoms with Crippen LogP contribution in [0.3, 0.4) is 0 Å². The van der Waals surface area contributed by atoms with E-state index < -0.39 is 0 Å². The van der Waals surface area contributed by atoms with Crippen molar-refractivity contribution >= 4 is 5.69 Å². The van der Waals surface area contributed by atoms with Crippen LogP contribution in [0.25, 0.3) is 0 Å². The fourth-order valence-electron chi connectivity index (χ4n) is 1.81. The molecule has 1 aliphatic heterocycles. The lowest BCUT2D eigenvalue weighted by molar-refractivity contribution is 0.406. The molecule has 0 amide bonds. The van der Waals surface area contributed by atoms with Crippen molar-refractivity contribution in [3.63, 3.8) is 0 Å². The highest BCUT2D eigenvalue weighted by atomic mass is 15.0. The maximum Gasteiger partial charge on any atom is 0.0801 e. The van der Waals surface area contributed by atoms with Gasteiger partial charge in [-0.25, -0.2) is 0 Å². The van der Waals surface area contributed by atoms with Crippen LogP contribution in [0.2, 0.25) is 0 Å². The summed E-state index contributed by atoms with van der Waals surface area (Å²) in [5.74, 6) is 0. The summed E-state index contributed by atoms with van der Waals surface area (Å²) < 4.78 is 0. The van der Waals surface area contributed by atoms with Crippen LogP contribution in [-0.4, -0.2) is 11.5 Å². The van der Waals surface area contributed by atoms with Gasteiger partial charge in [0.15, 0.2) is 0 Å². The van der Waals surface area contributed by atoms with E-state index in [-0.39, 0.29) is 0 Å². The highest BCUT2D eigenvalue weighted by Crippen LogP contribution is 2.24. The first kappa shape index (κ1) is 8.51. The van der Waals surface area contributed by atoms with E-state index in [1.54, 1.807) is 0 Å². The maximum absolute atomic E-state index is 5.85. The average molecular weight is 177 g/mol. The minimum atomic E-state index is 0.370. The minimum absolute atomic E-state index is 0.370. The van der Waals surface area contributed by atoms with Crippen LogP contribution in [0.4, 0.5) is 5.69 Å². The van der Waals surface area contributed by atoms with Crippen molar-refractivity contribution in [1.29, 1.82) is 0 Å². The van der Waals surface area contributed by atoms with Gasteiger partial charge in [0.2, 0.25) is 0 Å². The summed E-state index contributed by atoms with van der Waals surface area (Å²) in [6.07, 6.45) is 5.50. The molecule has 0 bridgehead atoms. The molecule has 1 atom stereocenters. The van der Waals surface area contributed by atoms with E-state index >= 15 is 0 Å². The Labute approximate surface area is 78.4 Å². The second-order valence-corrected chi connectivity index (χ2v) is 3.48. The molecule has 2 rings (SSSR count). The summed E-state index contributed by atoms with van der Waals surface area (Å²) in [5, 5.41) is 3.43. The van der Waals surface area contributed by atoms with Gasteiger partial charge < -0.3 is 11.1 Å². The minimum Gasteiger partial charge on any atom is -0.397 e. The molecule has 1 saturated heterocycles. The van der Waals surface area contributed by atoms with E-state index in [1.807, 2.05) is 18.3 Å². The standard InChI is InChI=1S/C10H15N3/c11-8-4-3-7-13-10(8)9-5-1-2-6-12-9/h3-4,7,9,12H,1-2,5-6,11H2/t9-/m0/s1. The van der Waals surface area contributed by atoms with E-state index in [4.69, 9.17) is 5.73 Å². The van der Waals surface area contributed by atoms with Crippen molar-refractivity contribution in [1.82, 2.24) is 10.3 Å². The van der Waals surface area contributed by atoms with Gasteiger partial charge in [-0.2, -0.15) is 0 Å². The molecule has 70 valence electrons. The predicted octanol–water partition coefficient (Wildman–Crippen LogP) is 1.48. The Hall–Kier alpha value is -1.09. The molecule has 0 spiro atoms. The molecule has 1 fully saturated rings. The quantitative estimate of drug-likeness (QED) is 0.683. The number of nitrogens with zero attached hydrogens (tertiary/aromatic N) is 1. The van der Waals surface area contributed by atoms with Crippen molar-refractivity contribution in [2.24, 2.45) is 0 Å². The van der Waals surface area contributed by atoms with Crippen molar-refractivity contribution < 1.29 is 0 Å². The van der Waals surface area contributed by atoms with Crippen molar-refractivity contribution in [2.75, 3.05) is 12.3 Å². The normalized spacial score (nSPS) is 22.9. The first-order valence-electron chi connectivity index (χ1n) is 4.81. The maximum atomic E-state index is 5.85. The topological polar surface area (TPSA) is 50.9 Å². The van der Waals surface area contributed by atoms with E-state index in [9.17, 15) is 0 Å². The van der Waals surface area contributed by atoms with E-state index in [1.165, 1.54) is 12.8 Å². The lowest BCUT2D eigenvalue weighted by Crippen LogP contribution is -2.28. The van der Waals surface area contributed by atoms with Gasteiger partial charge >= 0.3 is 0 Å². The molecule has 3 nitrogen and oxygen atoms in total. The molecule has 1 aromatic heterocycles. The molecule has 3 heteroatoms. The van der Waals surface area contributed by atoms with Crippen molar-refractivity contribution in [3.8, 4) is 0 Å². The van der Waals surface area contributed by atoms with Gasteiger partial charge in [0.25, 0.3) is 0 Å². The number of nitrogens with two attached hydrogens (primary N) is 1. The van der Waals surface area contributed by atoms with Gasteiger partial charge in [0.1, 0.15) is 0 Å². The molecule has 3 N–H and O–H groups in total. The zero-order valence-corrected chi connectivity index (χ0v) is 7.66. The Morgan fingerprint density at radius 2 is 2.38 bits per heavy atom. The second kappa shape index (κ2) is 3.75. The van der Waals surface area contributed by atoms with Crippen molar-refractivity contribution in [2.45, 2.75) is 25.3 Å². The summed E-state index contributed by atoms with van der Waals surface area (Å²) in [7, 11) is 0. The summed E-state index contributed by atoms with van der Waals surface area (Å²) in [5.41, 5.74) is 7.67. The van der Waals surface area contributed by atoms with Gasteiger partial charge in [-0.3, -0.25) is 4.98 Å². The molecule has 0 unspecified atom stereocenters. The third kappa shape index (κ3) is 1.80. The van der Waals surface area contributed by atoms with E-state index in [0.29, 0.717) is 6.04 Å². The number of aromatic nitrogens is 1. The summed E-state index contributed by atoms with van der Waals surface area (Å²) in [6.45, 7) is 1.08. The SMILES string of the molecule is Nc1cccnc1[C@@H]1CCCCN1. The fourth-order valence-corrected chi connectivity index (χ4v) is 1.81. The first-order chi connectivity index (χ1) is 6.38. The Balaban J connectivity index is 2.18. The Bertz CT molecular complexity index is 279. The molecule has 0 aliphatic carbocycles. The van der Waals surface area contributed by atoms with Crippen LogP contribution in [0, 0.1) is 0 Å². The van der Waals surface area contributed by atoms with Crippen LogP contribution in [0.5, 0.6) is 0 Å². The number of nitrogens with one attached hydrogen (secondary N) is 1. The fraction of sp³-hybridized carbons (Fsp3) is 0.500. The van der Waals surface area contributed by atoms with Crippen LogP contribution < -0.4 is 11.1 Å². The number of hydrogen-bond donors (Lipinski definition) is 2. The van der Waals surface area contributed by atoms with Gasteiger partial charge in [-0.1, -0.05) is 6.42 Å². The van der Waals surface area contributed by atoms with Crippen molar-refractivity contribution in [3.05, 3.63) is 24.0 Å². The molecule has 13 heavy (non-hydrogen) atoms.